The van der Waals surface area contributed by atoms with E-state index in [0.717, 1.165) is 3.57 Å². The number of aromatic hydroxyl groups is 1. The monoisotopic (exact) mass is 497 g/mol. The summed E-state index contributed by atoms with van der Waals surface area (Å²) in [5.41, 5.74) is 0.284. The molecule has 0 bridgehead atoms. The minimum Gasteiger partial charge on any atom is -0.506 e. The fraction of sp³-hybridized carbons (Fsp3) is 0.231. The van der Waals surface area contributed by atoms with E-state index >= 15 is 0 Å². The number of aromatic amines is 1. The normalized spacial score (nSPS) is 12.2. The number of carbonyl (C=O) groups is 1. The molecule has 1 amide bonds. The van der Waals surface area contributed by atoms with Gasteiger partial charge >= 0.3 is 0 Å². The maximum absolute atomic E-state index is 12.3. The van der Waals surface area contributed by atoms with Gasteiger partial charge in [0.25, 0.3) is 5.91 Å². The highest BCUT2D eigenvalue weighted by Gasteiger charge is 2.19. The van der Waals surface area contributed by atoms with Crippen molar-refractivity contribution < 1.29 is 9.90 Å². The van der Waals surface area contributed by atoms with Crippen LogP contribution in [-0.4, -0.2) is 21.0 Å². The number of nitrogens with zero attached hydrogens (tertiary/aromatic N) is 1. The number of hydrogen-bond acceptors (Lipinski definition) is 3. The van der Waals surface area contributed by atoms with Crippen LogP contribution in [0.1, 0.15) is 35.6 Å². The maximum Gasteiger partial charge on any atom is 0.255 e. The fourth-order valence-corrected chi connectivity index (χ4v) is 3.65. The molecule has 0 spiro atoms. The zero-order valence-electron chi connectivity index (χ0n) is 10.7. The van der Waals surface area contributed by atoms with Gasteiger partial charge in [0.2, 0.25) is 0 Å². The van der Waals surface area contributed by atoms with Gasteiger partial charge in [-0.05, 0) is 63.7 Å². The Bertz CT molecular complexity index is 614. The smallest absolute Gasteiger partial charge is 0.255 e. The summed E-state index contributed by atoms with van der Waals surface area (Å²) in [7, 11) is 0. The van der Waals surface area contributed by atoms with Gasteiger partial charge in [-0.3, -0.25) is 4.79 Å². The number of benzene rings is 1. The Morgan fingerprint density at radius 3 is 2.85 bits per heavy atom. The molecule has 0 radical (unpaired) electrons. The van der Waals surface area contributed by atoms with Crippen LogP contribution in [0.15, 0.2) is 24.5 Å². The minimum absolute atomic E-state index is 0.0119. The number of carbonyl (C=O) groups excluding carboxylic acids is 1. The quantitative estimate of drug-likeness (QED) is 0.569. The molecule has 2 rings (SSSR count). The second-order valence-electron chi connectivity index (χ2n) is 4.19. The summed E-state index contributed by atoms with van der Waals surface area (Å²) in [6, 6.07) is 3.28. The van der Waals surface area contributed by atoms with Crippen LogP contribution in [0.4, 0.5) is 0 Å². The molecule has 1 aromatic heterocycles. The number of phenols is 1. The Hall–Kier alpha value is -0.840. The van der Waals surface area contributed by atoms with Crippen LogP contribution in [0, 0.1) is 7.14 Å². The first-order valence-electron chi connectivity index (χ1n) is 6.01. The van der Waals surface area contributed by atoms with Crippen LogP contribution in [0.5, 0.6) is 5.75 Å². The first-order valence-corrected chi connectivity index (χ1v) is 8.16. The summed E-state index contributed by atoms with van der Waals surface area (Å²) in [5.74, 6) is 0.417. The third kappa shape index (κ3) is 3.43. The lowest BCUT2D eigenvalue weighted by atomic mass is 10.1. The number of aromatic nitrogens is 2. The molecule has 7 heteroatoms. The van der Waals surface area contributed by atoms with Crippen LogP contribution < -0.4 is 5.32 Å². The molecule has 1 atom stereocenters. The summed E-state index contributed by atoms with van der Waals surface area (Å²) in [4.78, 5) is 19.5. The van der Waals surface area contributed by atoms with E-state index < -0.39 is 0 Å². The van der Waals surface area contributed by atoms with Crippen LogP contribution in [0.25, 0.3) is 0 Å². The summed E-state index contributed by atoms with van der Waals surface area (Å²) in [6.07, 6.45) is 4.08. The molecular formula is C13H13I2N3O2. The van der Waals surface area contributed by atoms with Gasteiger partial charge in [0.1, 0.15) is 11.6 Å². The minimum atomic E-state index is -0.304. The van der Waals surface area contributed by atoms with E-state index in [2.05, 4.69) is 37.9 Å². The van der Waals surface area contributed by atoms with Crippen molar-refractivity contribution in [2.75, 3.05) is 0 Å². The van der Waals surface area contributed by atoms with Crippen molar-refractivity contribution in [1.29, 1.82) is 0 Å². The lowest BCUT2D eigenvalue weighted by Crippen LogP contribution is -2.29. The Morgan fingerprint density at radius 1 is 1.50 bits per heavy atom. The molecule has 3 N–H and O–H groups in total. The number of phenolic OH excluding ortho intramolecular Hbond substituents is 1. The van der Waals surface area contributed by atoms with E-state index in [1.54, 1.807) is 18.5 Å². The van der Waals surface area contributed by atoms with Gasteiger partial charge in [0.15, 0.2) is 0 Å². The number of nitrogens with one attached hydrogen (secondary N) is 2. The first-order chi connectivity index (χ1) is 9.52. The van der Waals surface area contributed by atoms with E-state index in [0.29, 0.717) is 15.8 Å². The average molecular weight is 497 g/mol. The third-order valence-electron chi connectivity index (χ3n) is 2.84. The number of halogens is 2. The van der Waals surface area contributed by atoms with Crippen molar-refractivity contribution in [3.8, 4) is 5.75 Å². The number of H-pyrrole nitrogens is 1. The second-order valence-corrected chi connectivity index (χ2v) is 6.60. The van der Waals surface area contributed by atoms with Gasteiger partial charge < -0.3 is 15.4 Å². The molecule has 2 aromatic rings. The maximum atomic E-state index is 12.3. The summed E-state index contributed by atoms with van der Waals surface area (Å²) in [6.45, 7) is 1.96. The molecule has 1 unspecified atom stereocenters. The standard InChI is InChI=1S/C13H13I2N3O2/c1-2-10(12-16-3-4-17-12)18-13(20)8-5-7(14)6-9(15)11(8)19/h3-6,10,19H,2H2,1H3,(H,16,17)(H,18,20). The molecule has 0 aliphatic carbocycles. The molecule has 1 heterocycles. The highest BCUT2D eigenvalue weighted by atomic mass is 127. The Kier molecular flexibility index (Phi) is 5.24. The van der Waals surface area contributed by atoms with Gasteiger partial charge in [0.05, 0.1) is 15.2 Å². The molecule has 0 aliphatic rings. The molecule has 106 valence electrons. The van der Waals surface area contributed by atoms with E-state index in [1.807, 2.05) is 35.6 Å². The number of hydrogen-bond donors (Lipinski definition) is 3. The van der Waals surface area contributed by atoms with E-state index in [1.165, 1.54) is 0 Å². The zero-order chi connectivity index (χ0) is 14.7. The Balaban J connectivity index is 2.24. The molecule has 5 nitrogen and oxygen atoms in total. The third-order valence-corrected chi connectivity index (χ3v) is 4.28. The molecule has 20 heavy (non-hydrogen) atoms. The molecule has 0 saturated heterocycles. The van der Waals surface area contributed by atoms with Crippen LogP contribution in [0.2, 0.25) is 0 Å². The first kappa shape index (κ1) is 15.5. The van der Waals surface area contributed by atoms with Crippen molar-refractivity contribution >= 4 is 51.1 Å². The van der Waals surface area contributed by atoms with Gasteiger partial charge in [-0.15, -0.1) is 0 Å². The summed E-state index contributed by atoms with van der Waals surface area (Å²) in [5, 5.41) is 12.9. The van der Waals surface area contributed by atoms with Crippen molar-refractivity contribution in [1.82, 2.24) is 15.3 Å². The molecule has 1 aromatic carbocycles. The summed E-state index contributed by atoms with van der Waals surface area (Å²) < 4.78 is 1.56. The predicted octanol–water partition coefficient (Wildman–Crippen LogP) is 3.21. The predicted molar refractivity (Wildman–Crippen MR) is 92.6 cm³/mol. The number of amides is 1. The van der Waals surface area contributed by atoms with E-state index in [4.69, 9.17) is 0 Å². The largest absolute Gasteiger partial charge is 0.506 e. The number of rotatable bonds is 4. The van der Waals surface area contributed by atoms with E-state index in [9.17, 15) is 9.90 Å². The molecule has 0 aliphatic heterocycles. The topological polar surface area (TPSA) is 78.0 Å². The highest BCUT2D eigenvalue weighted by molar-refractivity contribution is 14.1. The lowest BCUT2D eigenvalue weighted by molar-refractivity contribution is 0.0931. The Morgan fingerprint density at radius 2 is 2.25 bits per heavy atom. The van der Waals surface area contributed by atoms with Crippen LogP contribution in [-0.2, 0) is 0 Å². The van der Waals surface area contributed by atoms with E-state index in [-0.39, 0.29) is 23.3 Å². The highest BCUT2D eigenvalue weighted by Crippen LogP contribution is 2.27. The molecule has 0 fully saturated rings. The molecular weight excluding hydrogens is 484 g/mol. The number of imidazole rings is 1. The van der Waals surface area contributed by atoms with Gasteiger partial charge in [-0.2, -0.15) is 0 Å². The average Bonchev–Trinajstić information content (AvgIpc) is 2.93. The van der Waals surface area contributed by atoms with Gasteiger partial charge in [-0.1, -0.05) is 6.92 Å². The fourth-order valence-electron chi connectivity index (χ4n) is 1.81. The Labute approximate surface area is 143 Å². The molecule has 0 saturated carbocycles. The van der Waals surface area contributed by atoms with Crippen molar-refractivity contribution in [3.05, 3.63) is 43.1 Å². The van der Waals surface area contributed by atoms with Crippen molar-refractivity contribution in [2.24, 2.45) is 0 Å². The van der Waals surface area contributed by atoms with Crippen molar-refractivity contribution in [2.45, 2.75) is 19.4 Å². The summed E-state index contributed by atoms with van der Waals surface area (Å²) >= 11 is 4.13. The van der Waals surface area contributed by atoms with Crippen molar-refractivity contribution in [3.63, 3.8) is 0 Å². The lowest BCUT2D eigenvalue weighted by Gasteiger charge is -2.15. The zero-order valence-corrected chi connectivity index (χ0v) is 15.0. The van der Waals surface area contributed by atoms with Crippen LogP contribution in [0.3, 0.4) is 0 Å². The van der Waals surface area contributed by atoms with Gasteiger partial charge in [0, 0.05) is 16.0 Å². The second kappa shape index (κ2) is 6.74. The SMILES string of the molecule is CCC(NC(=O)c1cc(I)cc(I)c1O)c1ncc[nH]1. The van der Waals surface area contributed by atoms with Crippen LogP contribution >= 0.6 is 45.2 Å². The van der Waals surface area contributed by atoms with Gasteiger partial charge in [-0.25, -0.2) is 4.98 Å².